The Hall–Kier alpha value is -2.86. The number of amides is 1. The van der Waals surface area contributed by atoms with Crippen LogP contribution >= 0.6 is 11.8 Å². The fourth-order valence-electron chi connectivity index (χ4n) is 2.73. The van der Waals surface area contributed by atoms with E-state index in [-0.39, 0.29) is 5.91 Å². The molecule has 1 amide bonds. The Balaban J connectivity index is 1.61. The number of hydrogen-bond donors (Lipinski definition) is 1. The normalized spacial score (nSPS) is 16.6. The lowest BCUT2D eigenvalue weighted by atomic mass is 10.2. The van der Waals surface area contributed by atoms with E-state index in [0.717, 1.165) is 27.7 Å². The summed E-state index contributed by atoms with van der Waals surface area (Å²) >= 11 is 1.40. The second-order valence-electron chi connectivity index (χ2n) is 5.77. The molecule has 0 saturated carbocycles. The molecule has 3 aromatic rings. The number of thioether (sulfide) groups is 1. The van der Waals surface area contributed by atoms with Gasteiger partial charge in [0.1, 0.15) is 0 Å². The molecule has 0 bridgehead atoms. The fourth-order valence-corrected chi connectivity index (χ4v) is 3.55. The van der Waals surface area contributed by atoms with Crippen LogP contribution < -0.4 is 4.90 Å². The molecule has 5 nitrogen and oxygen atoms in total. The highest BCUT2D eigenvalue weighted by molar-refractivity contribution is 8.15. The van der Waals surface area contributed by atoms with Gasteiger partial charge >= 0.3 is 0 Å². The van der Waals surface area contributed by atoms with Gasteiger partial charge in [0.15, 0.2) is 5.17 Å². The largest absolute Gasteiger partial charge is 0.361 e. The minimum absolute atomic E-state index is 0.0231. The van der Waals surface area contributed by atoms with Gasteiger partial charge in [0.25, 0.3) is 0 Å². The van der Waals surface area contributed by atoms with Crippen molar-refractivity contribution in [2.75, 3.05) is 10.7 Å². The van der Waals surface area contributed by atoms with E-state index in [1.165, 1.54) is 11.8 Å². The minimum Gasteiger partial charge on any atom is -0.361 e. The Morgan fingerprint density at radius 2 is 1.96 bits per heavy atom. The number of H-pyrrole nitrogens is 1. The van der Waals surface area contributed by atoms with Crippen LogP contribution in [0.15, 0.2) is 64.9 Å². The Morgan fingerprint density at radius 1 is 1.16 bits per heavy atom. The summed E-state index contributed by atoms with van der Waals surface area (Å²) in [5.41, 5.74) is 4.00. The molecule has 2 heterocycles. The number of nitrogens with one attached hydrogen (secondary N) is 1. The maximum atomic E-state index is 12.2. The summed E-state index contributed by atoms with van der Waals surface area (Å²) in [6.07, 6.45) is 3.61. The Bertz CT molecular complexity index is 988. The molecule has 1 fully saturated rings. The predicted octanol–water partition coefficient (Wildman–Crippen LogP) is 3.95. The van der Waals surface area contributed by atoms with Gasteiger partial charge in [-0.2, -0.15) is 5.10 Å². The first kappa shape index (κ1) is 15.7. The number of para-hydroxylation sites is 1. The average Bonchev–Trinajstić information content (AvgIpc) is 3.20. The van der Waals surface area contributed by atoms with Crippen molar-refractivity contribution in [3.63, 3.8) is 0 Å². The third-order valence-corrected chi connectivity index (χ3v) is 4.93. The van der Waals surface area contributed by atoms with Crippen LogP contribution in [0, 0.1) is 6.92 Å². The number of nitrogens with zero attached hydrogens (tertiary/aromatic N) is 3. The molecule has 1 aromatic heterocycles. The van der Waals surface area contributed by atoms with Crippen LogP contribution in [0.5, 0.6) is 0 Å². The average molecular weight is 348 g/mol. The molecule has 0 spiro atoms. The molecule has 0 atom stereocenters. The number of aromatic nitrogens is 1. The van der Waals surface area contributed by atoms with Crippen molar-refractivity contribution < 1.29 is 4.79 Å². The van der Waals surface area contributed by atoms with E-state index < -0.39 is 0 Å². The van der Waals surface area contributed by atoms with Crippen molar-refractivity contribution in [2.24, 2.45) is 10.2 Å². The number of aromatic amines is 1. The third-order valence-electron chi connectivity index (χ3n) is 4.02. The Morgan fingerprint density at radius 3 is 2.80 bits per heavy atom. The maximum absolute atomic E-state index is 12.2. The molecule has 1 aliphatic heterocycles. The Labute approximate surface area is 149 Å². The van der Waals surface area contributed by atoms with Crippen molar-refractivity contribution in [1.82, 2.24) is 4.98 Å². The molecule has 1 N–H and O–H groups in total. The number of anilines is 1. The van der Waals surface area contributed by atoms with Crippen molar-refractivity contribution >= 4 is 45.6 Å². The van der Waals surface area contributed by atoms with Crippen LogP contribution in [-0.4, -0.2) is 28.0 Å². The van der Waals surface area contributed by atoms with Crippen LogP contribution in [0.25, 0.3) is 10.9 Å². The van der Waals surface area contributed by atoms with Gasteiger partial charge in [0.2, 0.25) is 5.91 Å². The maximum Gasteiger partial charge on any atom is 0.243 e. The molecule has 0 radical (unpaired) electrons. The molecule has 1 aliphatic rings. The number of benzene rings is 2. The number of amidine groups is 1. The van der Waals surface area contributed by atoms with Crippen molar-refractivity contribution in [3.05, 3.63) is 65.9 Å². The van der Waals surface area contributed by atoms with Gasteiger partial charge in [-0.1, -0.05) is 47.7 Å². The van der Waals surface area contributed by atoms with Crippen molar-refractivity contribution in [1.29, 1.82) is 0 Å². The van der Waals surface area contributed by atoms with E-state index >= 15 is 0 Å². The van der Waals surface area contributed by atoms with E-state index in [1.54, 1.807) is 11.1 Å². The molecular weight excluding hydrogens is 332 g/mol. The first-order valence-corrected chi connectivity index (χ1v) is 8.90. The summed E-state index contributed by atoms with van der Waals surface area (Å²) in [5.74, 6) is 0.407. The van der Waals surface area contributed by atoms with Gasteiger partial charge < -0.3 is 4.98 Å². The number of aryl methyl sites for hydroxylation is 1. The zero-order chi connectivity index (χ0) is 17.2. The number of fused-ring (bicyclic) bond motifs is 1. The Kier molecular flexibility index (Phi) is 4.11. The molecule has 2 aromatic carbocycles. The molecule has 6 heteroatoms. The van der Waals surface area contributed by atoms with Crippen molar-refractivity contribution in [3.8, 4) is 0 Å². The van der Waals surface area contributed by atoms with Crippen LogP contribution in [0.1, 0.15) is 11.1 Å². The molecule has 25 heavy (non-hydrogen) atoms. The highest BCUT2D eigenvalue weighted by atomic mass is 32.2. The fraction of sp³-hybridized carbons (Fsp3) is 0.105. The van der Waals surface area contributed by atoms with Crippen LogP contribution in [0.4, 0.5) is 5.69 Å². The first-order chi connectivity index (χ1) is 12.2. The van der Waals surface area contributed by atoms with Gasteiger partial charge in [0, 0.05) is 22.7 Å². The second-order valence-corrected chi connectivity index (χ2v) is 6.71. The highest BCUT2D eigenvalue weighted by Crippen LogP contribution is 2.27. The van der Waals surface area contributed by atoms with E-state index in [4.69, 9.17) is 0 Å². The lowest BCUT2D eigenvalue weighted by Crippen LogP contribution is -2.28. The van der Waals surface area contributed by atoms with Gasteiger partial charge in [-0.15, -0.1) is 5.10 Å². The molecular formula is C19H16N4OS. The monoisotopic (exact) mass is 348 g/mol. The number of hydrogen-bond acceptors (Lipinski definition) is 4. The van der Waals surface area contributed by atoms with E-state index in [1.807, 2.05) is 61.7 Å². The number of rotatable bonds is 3. The topological polar surface area (TPSA) is 60.8 Å². The zero-order valence-electron chi connectivity index (χ0n) is 13.6. The quantitative estimate of drug-likeness (QED) is 0.575. The van der Waals surface area contributed by atoms with Crippen LogP contribution in [-0.2, 0) is 4.79 Å². The van der Waals surface area contributed by atoms with Crippen LogP contribution in [0.3, 0.4) is 0 Å². The summed E-state index contributed by atoms with van der Waals surface area (Å²) in [7, 11) is 0. The standard InChI is InChI=1S/C19H16N4OS/c1-13-6-8-15(9-7-13)23-18(24)12-25-19(23)22-21-11-14-10-20-17-5-3-2-4-16(14)17/h2-11,20H,12H2,1H3/b21-11+,22-19+. The smallest absolute Gasteiger partial charge is 0.243 e. The van der Waals surface area contributed by atoms with Gasteiger partial charge in [-0.05, 0) is 25.1 Å². The first-order valence-electron chi connectivity index (χ1n) is 7.92. The van der Waals surface area contributed by atoms with Gasteiger partial charge in [-0.25, -0.2) is 0 Å². The second kappa shape index (κ2) is 6.57. The molecule has 1 saturated heterocycles. The van der Waals surface area contributed by atoms with Crippen molar-refractivity contribution in [2.45, 2.75) is 6.92 Å². The van der Waals surface area contributed by atoms with E-state index in [9.17, 15) is 4.79 Å². The SMILES string of the molecule is Cc1ccc(N2C(=O)CS/C2=N/N=C/c2c[nH]c3ccccc23)cc1. The molecule has 124 valence electrons. The lowest BCUT2D eigenvalue weighted by Gasteiger charge is -2.15. The van der Waals surface area contributed by atoms with Gasteiger partial charge in [0.05, 0.1) is 17.7 Å². The van der Waals surface area contributed by atoms with E-state index in [0.29, 0.717) is 10.9 Å². The van der Waals surface area contributed by atoms with Crippen LogP contribution in [0.2, 0.25) is 0 Å². The predicted molar refractivity (Wildman–Crippen MR) is 104 cm³/mol. The molecule has 0 unspecified atom stereocenters. The summed E-state index contributed by atoms with van der Waals surface area (Å²) in [6.45, 7) is 2.02. The van der Waals surface area contributed by atoms with E-state index in [2.05, 4.69) is 15.2 Å². The zero-order valence-corrected chi connectivity index (χ0v) is 14.5. The van der Waals surface area contributed by atoms with Gasteiger partial charge in [-0.3, -0.25) is 9.69 Å². The summed E-state index contributed by atoms with van der Waals surface area (Å²) in [4.78, 5) is 17.0. The summed E-state index contributed by atoms with van der Waals surface area (Å²) in [6, 6.07) is 15.9. The minimum atomic E-state index is 0.0231. The summed E-state index contributed by atoms with van der Waals surface area (Å²) in [5, 5.41) is 10.2. The lowest BCUT2D eigenvalue weighted by molar-refractivity contribution is -0.115. The molecule has 0 aliphatic carbocycles. The third kappa shape index (κ3) is 3.08. The summed E-state index contributed by atoms with van der Waals surface area (Å²) < 4.78 is 0. The number of carbonyl (C=O) groups excluding carboxylic acids is 1. The molecule has 4 rings (SSSR count). The number of carbonyl (C=O) groups is 1. The highest BCUT2D eigenvalue weighted by Gasteiger charge is 2.29.